The zero-order valence-corrected chi connectivity index (χ0v) is 12.5. The van der Waals surface area contributed by atoms with Crippen molar-refractivity contribution in [3.05, 3.63) is 35.7 Å². The first-order chi connectivity index (χ1) is 8.83. The Morgan fingerprint density at radius 3 is 2.63 bits per heavy atom. The molecule has 0 aliphatic rings. The molecule has 0 bridgehead atoms. The molecular formula is C13H18ClN3OS. The quantitative estimate of drug-likeness (QED) is 0.829. The Hall–Kier alpha value is -1.04. The van der Waals surface area contributed by atoms with Gasteiger partial charge in [-0.15, -0.1) is 12.4 Å². The van der Waals surface area contributed by atoms with E-state index in [4.69, 9.17) is 10.3 Å². The van der Waals surface area contributed by atoms with Gasteiger partial charge in [-0.1, -0.05) is 36.3 Å². The first-order valence-electron chi connectivity index (χ1n) is 6.03. The minimum Gasteiger partial charge on any atom is -0.338 e. The molecule has 0 aliphatic heterocycles. The van der Waals surface area contributed by atoms with Crippen molar-refractivity contribution in [1.82, 2.24) is 10.1 Å². The molecule has 19 heavy (non-hydrogen) atoms. The van der Waals surface area contributed by atoms with Crippen LogP contribution in [0.25, 0.3) is 11.4 Å². The molecule has 2 rings (SSSR count). The van der Waals surface area contributed by atoms with Crippen LogP contribution in [0.15, 0.2) is 28.8 Å². The Kier molecular flexibility index (Phi) is 6.91. The second-order valence-corrected chi connectivity index (χ2v) is 5.07. The smallest absolute Gasteiger partial charge is 0.236 e. The molecule has 0 aliphatic carbocycles. The summed E-state index contributed by atoms with van der Waals surface area (Å²) in [5.74, 6) is 3.22. The van der Waals surface area contributed by atoms with Gasteiger partial charge in [-0.05, 0) is 17.7 Å². The summed E-state index contributed by atoms with van der Waals surface area (Å²) in [5, 5.41) is 3.99. The summed E-state index contributed by atoms with van der Waals surface area (Å²) in [5.41, 5.74) is 7.62. The van der Waals surface area contributed by atoms with Crippen LogP contribution < -0.4 is 5.73 Å². The summed E-state index contributed by atoms with van der Waals surface area (Å²) < 4.78 is 5.22. The van der Waals surface area contributed by atoms with E-state index >= 15 is 0 Å². The van der Waals surface area contributed by atoms with Crippen LogP contribution in [0.3, 0.4) is 0 Å². The molecule has 104 valence electrons. The molecular weight excluding hydrogens is 282 g/mol. The maximum Gasteiger partial charge on any atom is 0.236 e. The van der Waals surface area contributed by atoms with E-state index in [1.54, 1.807) is 0 Å². The molecule has 2 aromatic rings. The molecule has 0 atom stereocenters. The van der Waals surface area contributed by atoms with E-state index in [1.165, 1.54) is 0 Å². The molecule has 1 aromatic heterocycles. The Bertz CT molecular complexity index is 487. The second kappa shape index (κ2) is 8.19. The maximum absolute atomic E-state index is 5.56. The number of hydrogen-bond acceptors (Lipinski definition) is 5. The number of halogens is 1. The largest absolute Gasteiger partial charge is 0.338 e. The van der Waals surface area contributed by atoms with Crippen LogP contribution in [0.5, 0.6) is 0 Å². The lowest BCUT2D eigenvalue weighted by Gasteiger charge is -1.97. The number of thioether (sulfide) groups is 1. The van der Waals surface area contributed by atoms with Crippen molar-refractivity contribution in [2.75, 3.05) is 5.75 Å². The molecule has 0 spiro atoms. The second-order valence-electron chi connectivity index (χ2n) is 3.97. The highest BCUT2D eigenvalue weighted by atomic mass is 35.5. The van der Waals surface area contributed by atoms with Crippen molar-refractivity contribution in [3.63, 3.8) is 0 Å². The Labute approximate surface area is 123 Å². The van der Waals surface area contributed by atoms with Crippen LogP contribution in [0.1, 0.15) is 24.8 Å². The highest BCUT2D eigenvalue weighted by Crippen LogP contribution is 2.18. The minimum atomic E-state index is 0. The zero-order valence-electron chi connectivity index (χ0n) is 10.8. The van der Waals surface area contributed by atoms with Crippen LogP contribution in [0, 0.1) is 0 Å². The molecule has 4 nitrogen and oxygen atoms in total. The van der Waals surface area contributed by atoms with E-state index in [-0.39, 0.29) is 12.4 Å². The van der Waals surface area contributed by atoms with E-state index in [9.17, 15) is 0 Å². The van der Waals surface area contributed by atoms with Gasteiger partial charge in [-0.3, -0.25) is 0 Å². The molecule has 0 saturated carbocycles. The van der Waals surface area contributed by atoms with Gasteiger partial charge < -0.3 is 10.3 Å². The predicted molar refractivity (Wildman–Crippen MR) is 81.3 cm³/mol. The Morgan fingerprint density at radius 1 is 1.26 bits per heavy atom. The van der Waals surface area contributed by atoms with E-state index in [1.807, 2.05) is 36.0 Å². The lowest BCUT2D eigenvalue weighted by atomic mass is 10.1. The SMILES string of the molecule is CCCSCc1nc(-c2ccc(CN)cc2)no1.Cl. The van der Waals surface area contributed by atoms with Crippen LogP contribution >= 0.6 is 24.2 Å². The average molecular weight is 300 g/mol. The first-order valence-corrected chi connectivity index (χ1v) is 7.18. The number of rotatable bonds is 6. The van der Waals surface area contributed by atoms with E-state index < -0.39 is 0 Å². The molecule has 0 amide bonds. The fraction of sp³-hybridized carbons (Fsp3) is 0.385. The normalized spacial score (nSPS) is 10.2. The van der Waals surface area contributed by atoms with Gasteiger partial charge in [0.05, 0.1) is 5.75 Å². The van der Waals surface area contributed by atoms with Crippen LogP contribution in [0.2, 0.25) is 0 Å². The van der Waals surface area contributed by atoms with Crippen molar-refractivity contribution in [1.29, 1.82) is 0 Å². The van der Waals surface area contributed by atoms with Gasteiger partial charge in [0.25, 0.3) is 0 Å². The highest BCUT2D eigenvalue weighted by molar-refractivity contribution is 7.98. The van der Waals surface area contributed by atoms with Crippen LogP contribution in [-0.4, -0.2) is 15.9 Å². The number of aromatic nitrogens is 2. The summed E-state index contributed by atoms with van der Waals surface area (Å²) in [6.45, 7) is 2.71. The van der Waals surface area contributed by atoms with Gasteiger partial charge in [0.1, 0.15) is 0 Å². The van der Waals surface area contributed by atoms with Gasteiger partial charge in [0.2, 0.25) is 11.7 Å². The van der Waals surface area contributed by atoms with E-state index in [2.05, 4.69) is 17.1 Å². The van der Waals surface area contributed by atoms with Gasteiger partial charge in [-0.2, -0.15) is 16.7 Å². The molecule has 1 heterocycles. The third-order valence-electron chi connectivity index (χ3n) is 2.49. The zero-order chi connectivity index (χ0) is 12.8. The molecule has 0 saturated heterocycles. The van der Waals surface area contributed by atoms with Gasteiger partial charge in [0.15, 0.2) is 0 Å². The predicted octanol–water partition coefficient (Wildman–Crippen LogP) is 3.26. The summed E-state index contributed by atoms with van der Waals surface area (Å²) in [4.78, 5) is 4.38. The van der Waals surface area contributed by atoms with Crippen molar-refractivity contribution in [2.24, 2.45) is 5.73 Å². The van der Waals surface area contributed by atoms with Gasteiger partial charge in [-0.25, -0.2) is 0 Å². The fourth-order valence-corrected chi connectivity index (χ4v) is 2.25. The summed E-state index contributed by atoms with van der Waals surface area (Å²) in [6.07, 6.45) is 1.16. The number of nitrogens with two attached hydrogens (primary N) is 1. The number of hydrogen-bond donors (Lipinski definition) is 1. The molecule has 0 unspecified atom stereocenters. The van der Waals surface area contributed by atoms with Crippen molar-refractivity contribution < 1.29 is 4.52 Å². The van der Waals surface area contributed by atoms with Crippen molar-refractivity contribution >= 4 is 24.2 Å². The Morgan fingerprint density at radius 2 is 2.00 bits per heavy atom. The molecule has 6 heteroatoms. The van der Waals surface area contributed by atoms with Crippen LogP contribution in [0.4, 0.5) is 0 Å². The minimum absolute atomic E-state index is 0. The molecule has 0 radical (unpaired) electrons. The van der Waals surface area contributed by atoms with Gasteiger partial charge >= 0.3 is 0 Å². The Balaban J connectivity index is 0.00000180. The lowest BCUT2D eigenvalue weighted by molar-refractivity contribution is 0.391. The molecule has 2 N–H and O–H groups in total. The highest BCUT2D eigenvalue weighted by Gasteiger charge is 2.08. The fourth-order valence-electron chi connectivity index (χ4n) is 1.52. The van der Waals surface area contributed by atoms with Gasteiger partial charge in [0, 0.05) is 12.1 Å². The van der Waals surface area contributed by atoms with E-state index in [0.717, 1.165) is 29.1 Å². The number of benzene rings is 1. The number of nitrogens with zero attached hydrogens (tertiary/aromatic N) is 2. The summed E-state index contributed by atoms with van der Waals surface area (Å²) >= 11 is 1.81. The summed E-state index contributed by atoms with van der Waals surface area (Å²) in [6, 6.07) is 7.90. The maximum atomic E-state index is 5.56. The third kappa shape index (κ3) is 4.53. The molecule has 1 aromatic carbocycles. The standard InChI is InChI=1S/C13H17N3OS.ClH/c1-2-7-18-9-12-15-13(16-17-12)11-5-3-10(8-14)4-6-11;/h3-6H,2,7-9,14H2,1H3;1H. The van der Waals surface area contributed by atoms with Crippen molar-refractivity contribution in [3.8, 4) is 11.4 Å². The molecule has 0 fully saturated rings. The lowest BCUT2D eigenvalue weighted by Crippen LogP contribution is -1.95. The van der Waals surface area contributed by atoms with Crippen LogP contribution in [-0.2, 0) is 12.3 Å². The third-order valence-corrected chi connectivity index (χ3v) is 3.64. The first kappa shape index (κ1) is 16.0. The van der Waals surface area contributed by atoms with E-state index in [0.29, 0.717) is 18.3 Å². The van der Waals surface area contributed by atoms with Crippen molar-refractivity contribution in [2.45, 2.75) is 25.6 Å². The average Bonchev–Trinajstić information content (AvgIpc) is 2.88. The topological polar surface area (TPSA) is 64.9 Å². The summed E-state index contributed by atoms with van der Waals surface area (Å²) in [7, 11) is 0. The monoisotopic (exact) mass is 299 g/mol.